The molecule has 2 rings (SSSR count). The van der Waals surface area contributed by atoms with Crippen LogP contribution in [0.3, 0.4) is 0 Å². The summed E-state index contributed by atoms with van der Waals surface area (Å²) in [6, 6.07) is 10.5. The highest BCUT2D eigenvalue weighted by atomic mass is 19.4. The summed E-state index contributed by atoms with van der Waals surface area (Å²) in [5.41, 5.74) is -1.21. The first-order valence-corrected chi connectivity index (χ1v) is 6.48. The van der Waals surface area contributed by atoms with Gasteiger partial charge in [-0.1, -0.05) is 18.2 Å². The van der Waals surface area contributed by atoms with Crippen molar-refractivity contribution in [1.82, 2.24) is 0 Å². The van der Waals surface area contributed by atoms with Crippen molar-refractivity contribution in [2.24, 2.45) is 0 Å². The van der Waals surface area contributed by atoms with Gasteiger partial charge in [0, 0.05) is 11.3 Å². The van der Waals surface area contributed by atoms with Gasteiger partial charge in [0.15, 0.2) is 0 Å². The molecule has 0 spiro atoms. The molecule has 120 valence electrons. The van der Waals surface area contributed by atoms with Crippen LogP contribution in [0.5, 0.6) is 0 Å². The molecule has 7 heteroatoms. The predicted octanol–water partition coefficient (Wildman–Crippen LogP) is 3.74. The van der Waals surface area contributed by atoms with Crippen LogP contribution in [0.15, 0.2) is 48.5 Å². The zero-order valence-corrected chi connectivity index (χ0v) is 12.0. The van der Waals surface area contributed by atoms with E-state index in [1.54, 1.807) is 18.2 Å². The summed E-state index contributed by atoms with van der Waals surface area (Å²) < 4.78 is 43.2. The van der Waals surface area contributed by atoms with Crippen LogP contribution in [-0.4, -0.2) is 19.0 Å². The predicted molar refractivity (Wildman–Crippen MR) is 77.2 cm³/mol. The second-order valence-corrected chi connectivity index (χ2v) is 4.61. The summed E-state index contributed by atoms with van der Waals surface area (Å²) in [5.74, 6) is -1.51. The minimum atomic E-state index is -4.66. The molecule has 4 nitrogen and oxygen atoms in total. The van der Waals surface area contributed by atoms with Gasteiger partial charge in [-0.25, -0.2) is 4.79 Å². The van der Waals surface area contributed by atoms with Crippen LogP contribution in [0.25, 0.3) is 0 Å². The first-order chi connectivity index (χ1) is 10.8. The molecule has 23 heavy (non-hydrogen) atoms. The van der Waals surface area contributed by atoms with E-state index in [-0.39, 0.29) is 16.8 Å². The van der Waals surface area contributed by atoms with E-state index in [0.29, 0.717) is 6.07 Å². The number of ether oxygens (including phenoxy) is 1. The Morgan fingerprint density at radius 3 is 2.22 bits per heavy atom. The van der Waals surface area contributed by atoms with E-state index in [4.69, 9.17) is 0 Å². The van der Waals surface area contributed by atoms with E-state index >= 15 is 0 Å². The number of carbonyl (C=O) groups excluding carboxylic acids is 2. The Hall–Kier alpha value is -2.83. The van der Waals surface area contributed by atoms with Gasteiger partial charge < -0.3 is 10.1 Å². The van der Waals surface area contributed by atoms with Crippen molar-refractivity contribution >= 4 is 17.6 Å². The molecule has 2 aromatic carbocycles. The zero-order valence-electron chi connectivity index (χ0n) is 12.0. The number of esters is 1. The topological polar surface area (TPSA) is 55.4 Å². The molecular weight excluding hydrogens is 311 g/mol. The lowest BCUT2D eigenvalue weighted by molar-refractivity contribution is -0.137. The number of alkyl halides is 3. The second kappa shape index (κ2) is 6.51. The summed E-state index contributed by atoms with van der Waals surface area (Å²) in [4.78, 5) is 23.5. The van der Waals surface area contributed by atoms with E-state index in [2.05, 4.69) is 10.1 Å². The van der Waals surface area contributed by atoms with E-state index in [9.17, 15) is 22.8 Å². The maximum absolute atomic E-state index is 12.9. The molecule has 1 amide bonds. The van der Waals surface area contributed by atoms with Gasteiger partial charge in [0.05, 0.1) is 18.2 Å². The van der Waals surface area contributed by atoms with Gasteiger partial charge in [0.2, 0.25) is 0 Å². The molecule has 0 bridgehead atoms. The van der Waals surface area contributed by atoms with Crippen molar-refractivity contribution in [2.75, 3.05) is 12.4 Å². The minimum absolute atomic E-state index is 0.144. The van der Waals surface area contributed by atoms with E-state index in [1.165, 1.54) is 12.1 Å². The normalized spacial score (nSPS) is 11.0. The first-order valence-electron chi connectivity index (χ1n) is 6.48. The van der Waals surface area contributed by atoms with Crippen LogP contribution in [0, 0.1) is 0 Å². The van der Waals surface area contributed by atoms with Crippen molar-refractivity contribution in [1.29, 1.82) is 0 Å². The van der Waals surface area contributed by atoms with Crippen molar-refractivity contribution in [2.45, 2.75) is 6.18 Å². The summed E-state index contributed by atoms with van der Waals surface area (Å²) in [6.07, 6.45) is -4.66. The van der Waals surface area contributed by atoms with Gasteiger partial charge in [-0.2, -0.15) is 13.2 Å². The molecule has 0 saturated carbocycles. The first kappa shape index (κ1) is 16.5. The molecular formula is C16H12F3NO3. The van der Waals surface area contributed by atoms with Gasteiger partial charge in [-0.15, -0.1) is 0 Å². The van der Waals surface area contributed by atoms with Gasteiger partial charge in [-0.3, -0.25) is 4.79 Å². The summed E-state index contributed by atoms with van der Waals surface area (Å²) in [7, 11) is 1.06. The molecule has 0 aliphatic heterocycles. The Morgan fingerprint density at radius 1 is 1.00 bits per heavy atom. The average Bonchev–Trinajstić information content (AvgIpc) is 2.53. The molecule has 0 heterocycles. The third kappa shape index (κ3) is 4.09. The average molecular weight is 323 g/mol. The molecule has 0 aliphatic carbocycles. The Labute approximate surface area is 129 Å². The maximum Gasteiger partial charge on any atom is 0.416 e. The molecule has 1 N–H and O–H groups in total. The fourth-order valence-corrected chi connectivity index (χ4v) is 1.89. The zero-order chi connectivity index (χ0) is 17.0. The van der Waals surface area contributed by atoms with Gasteiger partial charge in [0.1, 0.15) is 0 Å². The molecule has 0 unspecified atom stereocenters. The minimum Gasteiger partial charge on any atom is -0.465 e. The number of carbonyl (C=O) groups is 2. The maximum atomic E-state index is 12.9. The highest BCUT2D eigenvalue weighted by molar-refractivity contribution is 6.04. The smallest absolute Gasteiger partial charge is 0.416 e. The molecule has 0 fully saturated rings. The third-order valence-corrected chi connectivity index (χ3v) is 2.98. The van der Waals surface area contributed by atoms with E-state index < -0.39 is 23.6 Å². The highest BCUT2D eigenvalue weighted by Crippen LogP contribution is 2.32. The van der Waals surface area contributed by atoms with Crippen LogP contribution in [-0.2, 0) is 10.9 Å². The van der Waals surface area contributed by atoms with Crippen LogP contribution in [0.4, 0.5) is 18.9 Å². The van der Waals surface area contributed by atoms with E-state index in [1.807, 2.05) is 0 Å². The SMILES string of the molecule is COC(=O)c1cc(NC(=O)c2ccccc2)cc(C(F)(F)F)c1. The number of hydrogen-bond acceptors (Lipinski definition) is 3. The fraction of sp³-hybridized carbons (Fsp3) is 0.125. The molecule has 0 radical (unpaired) electrons. The number of amides is 1. The lowest BCUT2D eigenvalue weighted by Crippen LogP contribution is -2.15. The standard InChI is InChI=1S/C16H12F3NO3/c1-23-15(22)11-7-12(16(17,18)19)9-13(8-11)20-14(21)10-5-3-2-4-6-10/h2-9H,1H3,(H,20,21). The molecule has 0 aliphatic rings. The van der Waals surface area contributed by atoms with Crippen LogP contribution < -0.4 is 5.32 Å². The lowest BCUT2D eigenvalue weighted by Gasteiger charge is -2.12. The van der Waals surface area contributed by atoms with Gasteiger partial charge >= 0.3 is 12.1 Å². The van der Waals surface area contributed by atoms with Crippen LogP contribution in [0.2, 0.25) is 0 Å². The summed E-state index contributed by atoms with van der Waals surface area (Å²) in [6.45, 7) is 0. The number of hydrogen-bond donors (Lipinski definition) is 1. The van der Waals surface area contributed by atoms with Crippen molar-refractivity contribution < 1.29 is 27.5 Å². The largest absolute Gasteiger partial charge is 0.465 e. The van der Waals surface area contributed by atoms with Crippen molar-refractivity contribution in [3.63, 3.8) is 0 Å². The monoisotopic (exact) mass is 323 g/mol. The number of benzene rings is 2. The number of halogens is 3. The van der Waals surface area contributed by atoms with Crippen LogP contribution in [0.1, 0.15) is 26.3 Å². The number of methoxy groups -OCH3 is 1. The van der Waals surface area contributed by atoms with Gasteiger partial charge in [0.25, 0.3) is 5.91 Å². The van der Waals surface area contributed by atoms with E-state index in [0.717, 1.165) is 19.2 Å². The Balaban J connectivity index is 2.37. The molecule has 0 atom stereocenters. The van der Waals surface area contributed by atoms with Crippen LogP contribution >= 0.6 is 0 Å². The Morgan fingerprint density at radius 2 is 1.65 bits per heavy atom. The summed E-state index contributed by atoms with van der Waals surface area (Å²) in [5, 5.41) is 2.34. The third-order valence-electron chi connectivity index (χ3n) is 2.98. The molecule has 0 aromatic heterocycles. The Kier molecular flexibility index (Phi) is 4.68. The highest BCUT2D eigenvalue weighted by Gasteiger charge is 2.32. The Bertz CT molecular complexity index is 727. The number of rotatable bonds is 3. The van der Waals surface area contributed by atoms with Gasteiger partial charge in [-0.05, 0) is 30.3 Å². The second-order valence-electron chi connectivity index (χ2n) is 4.61. The van der Waals surface area contributed by atoms with Crippen molar-refractivity contribution in [3.05, 3.63) is 65.2 Å². The number of nitrogens with one attached hydrogen (secondary N) is 1. The summed E-state index contributed by atoms with van der Waals surface area (Å²) >= 11 is 0. The number of anilines is 1. The molecule has 2 aromatic rings. The van der Waals surface area contributed by atoms with Crippen molar-refractivity contribution in [3.8, 4) is 0 Å². The lowest BCUT2D eigenvalue weighted by atomic mass is 10.1. The molecule has 0 saturated heterocycles. The fourth-order valence-electron chi connectivity index (χ4n) is 1.89. The quantitative estimate of drug-likeness (QED) is 0.875.